The molecule has 1 heterocycles. The van der Waals surface area contributed by atoms with E-state index in [1.54, 1.807) is 0 Å². The maximum atomic E-state index is 13.3. The Kier molecular flexibility index (Phi) is 4.22. The van der Waals surface area contributed by atoms with E-state index in [2.05, 4.69) is 0 Å². The number of rotatable bonds is 3. The van der Waals surface area contributed by atoms with Crippen molar-refractivity contribution < 1.29 is 21.2 Å². The summed E-state index contributed by atoms with van der Waals surface area (Å²) in [5.41, 5.74) is 5.43. The van der Waals surface area contributed by atoms with Gasteiger partial charge in [0.15, 0.2) is 0 Å². The lowest BCUT2D eigenvalue weighted by molar-refractivity contribution is 0.273. The monoisotopic (exact) mass is 338 g/mol. The third-order valence-corrected chi connectivity index (χ3v) is 6.05. The molecule has 0 amide bonds. The number of sulfonamides is 1. The summed E-state index contributed by atoms with van der Waals surface area (Å²) >= 11 is 0. The van der Waals surface area contributed by atoms with Crippen LogP contribution in [0.5, 0.6) is 0 Å². The summed E-state index contributed by atoms with van der Waals surface area (Å²) in [5.74, 6) is -0.753. The van der Waals surface area contributed by atoms with E-state index in [1.807, 2.05) is 0 Å². The van der Waals surface area contributed by atoms with E-state index < -0.39 is 26.0 Å². The Hall–Kier alpha value is -1.27. The van der Waals surface area contributed by atoms with Gasteiger partial charge in [-0.15, -0.1) is 0 Å². The number of nitrogens with two attached hydrogens (primary N) is 2. The highest BCUT2D eigenvalue weighted by atomic mass is 32.2. The summed E-state index contributed by atoms with van der Waals surface area (Å²) in [7, 11) is -7.77. The van der Waals surface area contributed by atoms with Gasteiger partial charge in [0.05, 0.1) is 4.90 Å². The van der Waals surface area contributed by atoms with Crippen LogP contribution in [0.3, 0.4) is 0 Å². The van der Waals surface area contributed by atoms with Crippen LogP contribution in [0.1, 0.15) is 0 Å². The molecular weight excluding hydrogens is 323 g/mol. The zero-order chi connectivity index (χ0) is 15.8. The Labute approximate surface area is 122 Å². The van der Waals surface area contributed by atoms with Crippen LogP contribution in [0.25, 0.3) is 0 Å². The van der Waals surface area contributed by atoms with Crippen molar-refractivity contribution in [1.82, 2.24) is 8.61 Å². The van der Waals surface area contributed by atoms with Crippen LogP contribution in [0.4, 0.5) is 10.1 Å². The molecule has 0 spiro atoms. The zero-order valence-electron chi connectivity index (χ0n) is 10.9. The van der Waals surface area contributed by atoms with Crippen molar-refractivity contribution in [1.29, 1.82) is 0 Å². The first-order valence-electron chi connectivity index (χ1n) is 5.95. The molecule has 118 valence electrons. The summed E-state index contributed by atoms with van der Waals surface area (Å²) in [5, 5.41) is 4.98. The smallest absolute Gasteiger partial charge is 0.276 e. The summed E-state index contributed by atoms with van der Waals surface area (Å²) in [6, 6.07) is 3.04. The Morgan fingerprint density at radius 3 is 1.95 bits per heavy atom. The van der Waals surface area contributed by atoms with Gasteiger partial charge in [0.25, 0.3) is 10.2 Å². The lowest BCUT2D eigenvalue weighted by Crippen LogP contribution is -2.52. The van der Waals surface area contributed by atoms with Crippen LogP contribution in [0.2, 0.25) is 0 Å². The van der Waals surface area contributed by atoms with Gasteiger partial charge in [-0.3, -0.25) is 0 Å². The predicted octanol–water partition coefficient (Wildman–Crippen LogP) is -1.08. The third-order valence-electron chi connectivity index (χ3n) is 3.09. The van der Waals surface area contributed by atoms with Crippen LogP contribution in [0, 0.1) is 5.82 Å². The van der Waals surface area contributed by atoms with Crippen molar-refractivity contribution in [2.24, 2.45) is 5.14 Å². The summed E-state index contributed by atoms with van der Waals surface area (Å²) in [4.78, 5) is -0.260. The Morgan fingerprint density at radius 1 is 0.952 bits per heavy atom. The Morgan fingerprint density at radius 2 is 1.48 bits per heavy atom. The number of nitrogens with zero attached hydrogens (tertiary/aromatic N) is 2. The number of halogens is 1. The molecule has 21 heavy (non-hydrogen) atoms. The number of hydrogen-bond donors (Lipinski definition) is 2. The van der Waals surface area contributed by atoms with Crippen molar-refractivity contribution in [3.05, 3.63) is 24.0 Å². The Bertz CT molecular complexity index is 722. The maximum absolute atomic E-state index is 13.3. The van der Waals surface area contributed by atoms with Crippen LogP contribution in [-0.2, 0) is 20.2 Å². The molecule has 1 aliphatic heterocycles. The number of anilines is 1. The average molecular weight is 338 g/mol. The molecule has 0 aromatic heterocycles. The number of piperazine rings is 1. The van der Waals surface area contributed by atoms with Crippen LogP contribution >= 0.6 is 0 Å². The van der Waals surface area contributed by atoms with E-state index in [0.717, 1.165) is 26.8 Å². The van der Waals surface area contributed by atoms with Crippen molar-refractivity contribution in [2.45, 2.75) is 4.90 Å². The molecule has 0 bridgehead atoms. The third kappa shape index (κ3) is 3.49. The molecule has 0 saturated carbocycles. The van der Waals surface area contributed by atoms with Gasteiger partial charge in [-0.25, -0.2) is 17.9 Å². The Balaban J connectivity index is 2.22. The highest BCUT2D eigenvalue weighted by molar-refractivity contribution is 7.89. The second-order valence-corrected chi connectivity index (χ2v) is 8.05. The zero-order valence-corrected chi connectivity index (χ0v) is 12.6. The minimum absolute atomic E-state index is 0.00301. The lowest BCUT2D eigenvalue weighted by atomic mass is 10.3. The van der Waals surface area contributed by atoms with Crippen molar-refractivity contribution in [2.75, 3.05) is 31.9 Å². The van der Waals surface area contributed by atoms with Gasteiger partial charge < -0.3 is 5.73 Å². The number of benzene rings is 1. The van der Waals surface area contributed by atoms with Gasteiger partial charge >= 0.3 is 0 Å². The number of nitrogen functional groups attached to an aromatic ring is 1. The normalized spacial score (nSPS) is 18.8. The van der Waals surface area contributed by atoms with E-state index in [1.165, 1.54) is 0 Å². The van der Waals surface area contributed by atoms with Gasteiger partial charge in [0.2, 0.25) is 10.0 Å². The molecule has 11 heteroatoms. The van der Waals surface area contributed by atoms with Gasteiger partial charge in [0, 0.05) is 31.9 Å². The first kappa shape index (κ1) is 16.1. The van der Waals surface area contributed by atoms with Gasteiger partial charge in [0.1, 0.15) is 5.82 Å². The average Bonchev–Trinajstić information content (AvgIpc) is 2.36. The quantitative estimate of drug-likeness (QED) is 0.678. The topological polar surface area (TPSA) is 127 Å². The molecule has 0 unspecified atom stereocenters. The fourth-order valence-electron chi connectivity index (χ4n) is 2.05. The molecule has 1 aromatic carbocycles. The maximum Gasteiger partial charge on any atom is 0.276 e. The van der Waals surface area contributed by atoms with Gasteiger partial charge in [-0.1, -0.05) is 0 Å². The molecule has 8 nitrogen and oxygen atoms in total. The summed E-state index contributed by atoms with van der Waals surface area (Å²) in [6.45, 7) is -0.226. The van der Waals surface area contributed by atoms with Crippen LogP contribution in [0.15, 0.2) is 23.1 Å². The minimum atomic E-state index is -3.92. The first-order valence-corrected chi connectivity index (χ1v) is 8.89. The molecule has 0 atom stereocenters. The molecule has 1 aliphatic rings. The minimum Gasteiger partial charge on any atom is -0.399 e. The summed E-state index contributed by atoms with van der Waals surface area (Å²) in [6.07, 6.45) is 0. The van der Waals surface area contributed by atoms with Crippen molar-refractivity contribution >= 4 is 25.9 Å². The molecule has 4 N–H and O–H groups in total. The molecule has 0 radical (unpaired) electrons. The second kappa shape index (κ2) is 5.50. The van der Waals surface area contributed by atoms with E-state index >= 15 is 0 Å². The second-order valence-electron chi connectivity index (χ2n) is 4.57. The van der Waals surface area contributed by atoms with E-state index in [-0.39, 0.29) is 36.8 Å². The van der Waals surface area contributed by atoms with E-state index in [4.69, 9.17) is 10.9 Å². The van der Waals surface area contributed by atoms with Gasteiger partial charge in [-0.2, -0.15) is 17.0 Å². The van der Waals surface area contributed by atoms with Crippen molar-refractivity contribution in [3.63, 3.8) is 0 Å². The predicted molar refractivity (Wildman–Crippen MR) is 74.3 cm³/mol. The molecular formula is C10H15FN4O4S2. The van der Waals surface area contributed by atoms with Crippen LogP contribution in [-0.4, -0.2) is 51.6 Å². The standard InChI is InChI=1S/C10H15FN4O4S2/c11-8-5-9(12)7-10(6-8)20(16,17)14-1-3-15(4-2-14)21(13,18)19/h5-7H,1-4,12H2,(H2,13,18,19). The lowest BCUT2D eigenvalue weighted by Gasteiger charge is -2.32. The van der Waals surface area contributed by atoms with Crippen LogP contribution < -0.4 is 10.9 Å². The number of hydrogen-bond acceptors (Lipinski definition) is 5. The largest absolute Gasteiger partial charge is 0.399 e. The van der Waals surface area contributed by atoms with E-state index in [9.17, 15) is 21.2 Å². The molecule has 2 rings (SSSR count). The van der Waals surface area contributed by atoms with Crippen molar-refractivity contribution in [3.8, 4) is 0 Å². The highest BCUT2D eigenvalue weighted by Crippen LogP contribution is 2.21. The molecule has 1 saturated heterocycles. The molecule has 0 aliphatic carbocycles. The highest BCUT2D eigenvalue weighted by Gasteiger charge is 2.31. The molecule has 1 fully saturated rings. The fourth-order valence-corrected chi connectivity index (χ4v) is 4.21. The van der Waals surface area contributed by atoms with E-state index in [0.29, 0.717) is 0 Å². The fraction of sp³-hybridized carbons (Fsp3) is 0.400. The summed E-state index contributed by atoms with van der Waals surface area (Å²) < 4.78 is 62.4. The van der Waals surface area contributed by atoms with Gasteiger partial charge in [-0.05, 0) is 18.2 Å². The first-order chi connectivity index (χ1) is 9.60. The SMILES string of the molecule is Nc1cc(F)cc(S(=O)(=O)N2CCN(S(N)(=O)=O)CC2)c1. The molecule has 1 aromatic rings.